The summed E-state index contributed by atoms with van der Waals surface area (Å²) in [4.78, 5) is 24.9. The molecule has 3 amide bonds. The lowest BCUT2D eigenvalue weighted by Crippen LogP contribution is -2.42. The lowest BCUT2D eigenvalue weighted by Gasteiger charge is -2.13. The second-order valence-electron chi connectivity index (χ2n) is 4.33. The molecule has 1 saturated heterocycles. The average molecular weight is 330 g/mol. The van der Waals surface area contributed by atoms with E-state index >= 15 is 0 Å². The van der Waals surface area contributed by atoms with E-state index in [1.807, 2.05) is 0 Å². The molecule has 102 valence electrons. The summed E-state index contributed by atoms with van der Waals surface area (Å²) in [6, 6.07) is 3.24. The molecule has 1 aromatic carbocycles. The molecule has 0 spiro atoms. The van der Waals surface area contributed by atoms with Crippen LogP contribution in [0.3, 0.4) is 0 Å². The number of carbonyl (C=O) groups excluding carboxylic acids is 2. The first kappa shape index (κ1) is 13.8. The SMILES string of the molecule is CN1CC[C@@H](NC(=O)Nc2ccc(Br)c(F)c2)C1=O. The maximum atomic E-state index is 13.3. The number of rotatable bonds is 2. The Bertz CT molecular complexity index is 524. The number of hydrogen-bond acceptors (Lipinski definition) is 2. The van der Waals surface area contributed by atoms with Crippen LogP contribution in [-0.2, 0) is 4.79 Å². The molecule has 0 radical (unpaired) electrons. The third kappa shape index (κ3) is 3.23. The minimum atomic E-state index is -0.518. The molecular formula is C12H13BrFN3O2. The second-order valence-corrected chi connectivity index (χ2v) is 5.18. The monoisotopic (exact) mass is 329 g/mol. The van der Waals surface area contributed by atoms with Gasteiger partial charge in [-0.15, -0.1) is 0 Å². The van der Waals surface area contributed by atoms with E-state index in [1.165, 1.54) is 12.1 Å². The minimum Gasteiger partial charge on any atom is -0.344 e. The fraction of sp³-hybridized carbons (Fsp3) is 0.333. The Kier molecular flexibility index (Phi) is 4.04. The molecule has 0 saturated carbocycles. The molecule has 0 aliphatic carbocycles. The van der Waals surface area contributed by atoms with Gasteiger partial charge in [0.1, 0.15) is 11.9 Å². The number of halogens is 2. The molecule has 1 heterocycles. The number of benzene rings is 1. The van der Waals surface area contributed by atoms with E-state index in [9.17, 15) is 14.0 Å². The fourth-order valence-corrected chi connectivity index (χ4v) is 2.10. The number of hydrogen-bond donors (Lipinski definition) is 2. The predicted octanol–water partition coefficient (Wildman–Crippen LogP) is 1.94. The number of likely N-dealkylation sites (tertiary alicyclic amines) is 1. The summed E-state index contributed by atoms with van der Waals surface area (Å²) in [5.74, 6) is -0.577. The molecule has 0 bridgehead atoms. The van der Waals surface area contributed by atoms with E-state index in [1.54, 1.807) is 18.0 Å². The Labute approximate surface area is 118 Å². The summed E-state index contributed by atoms with van der Waals surface area (Å²) in [6.45, 7) is 0.622. The first-order valence-corrected chi connectivity index (χ1v) is 6.54. The highest BCUT2D eigenvalue weighted by Gasteiger charge is 2.30. The van der Waals surface area contributed by atoms with Crippen molar-refractivity contribution in [2.45, 2.75) is 12.5 Å². The topological polar surface area (TPSA) is 61.4 Å². The summed E-state index contributed by atoms with van der Waals surface area (Å²) in [6.07, 6.45) is 0.581. The normalized spacial score (nSPS) is 18.6. The van der Waals surface area contributed by atoms with Crippen molar-refractivity contribution in [2.75, 3.05) is 18.9 Å². The number of likely N-dealkylation sites (N-methyl/N-ethyl adjacent to an activating group) is 1. The Balaban J connectivity index is 1.94. The number of nitrogens with one attached hydrogen (secondary N) is 2. The van der Waals surface area contributed by atoms with E-state index < -0.39 is 17.9 Å². The number of nitrogens with zero attached hydrogens (tertiary/aromatic N) is 1. The van der Waals surface area contributed by atoms with Gasteiger partial charge in [-0.05, 0) is 40.5 Å². The van der Waals surface area contributed by atoms with Crippen LogP contribution in [0.15, 0.2) is 22.7 Å². The van der Waals surface area contributed by atoms with Crippen molar-refractivity contribution in [3.63, 3.8) is 0 Å². The zero-order valence-corrected chi connectivity index (χ0v) is 11.8. The first-order chi connectivity index (χ1) is 8.97. The Morgan fingerprint density at radius 1 is 1.53 bits per heavy atom. The molecule has 19 heavy (non-hydrogen) atoms. The lowest BCUT2D eigenvalue weighted by molar-refractivity contribution is -0.128. The summed E-state index contributed by atoms with van der Waals surface area (Å²) in [7, 11) is 1.69. The van der Waals surface area contributed by atoms with Crippen LogP contribution in [0, 0.1) is 5.82 Å². The molecule has 1 aromatic rings. The molecule has 1 aliphatic heterocycles. The van der Waals surface area contributed by atoms with Crippen LogP contribution in [0.4, 0.5) is 14.9 Å². The van der Waals surface area contributed by atoms with Crippen molar-refractivity contribution in [3.05, 3.63) is 28.5 Å². The van der Waals surface area contributed by atoms with Crippen LogP contribution in [0.25, 0.3) is 0 Å². The third-order valence-electron chi connectivity index (χ3n) is 2.91. The second kappa shape index (κ2) is 5.56. The number of urea groups is 1. The van der Waals surface area contributed by atoms with Gasteiger partial charge >= 0.3 is 6.03 Å². The van der Waals surface area contributed by atoms with Crippen LogP contribution in [0.5, 0.6) is 0 Å². The summed E-state index contributed by atoms with van der Waals surface area (Å²) in [5, 5.41) is 5.06. The van der Waals surface area contributed by atoms with Crippen molar-refractivity contribution in [2.24, 2.45) is 0 Å². The predicted molar refractivity (Wildman–Crippen MR) is 72.3 cm³/mol. The molecule has 2 rings (SSSR count). The molecular weight excluding hydrogens is 317 g/mol. The Morgan fingerprint density at radius 2 is 2.26 bits per heavy atom. The van der Waals surface area contributed by atoms with Gasteiger partial charge in [-0.1, -0.05) is 0 Å². The van der Waals surface area contributed by atoms with Gasteiger partial charge in [0.15, 0.2) is 0 Å². The lowest BCUT2D eigenvalue weighted by atomic mass is 10.2. The number of carbonyl (C=O) groups is 2. The van der Waals surface area contributed by atoms with Gasteiger partial charge in [0, 0.05) is 19.3 Å². The Morgan fingerprint density at radius 3 is 2.84 bits per heavy atom. The highest BCUT2D eigenvalue weighted by Crippen LogP contribution is 2.19. The van der Waals surface area contributed by atoms with Crippen molar-refractivity contribution >= 4 is 33.6 Å². The van der Waals surface area contributed by atoms with Gasteiger partial charge in [0.25, 0.3) is 0 Å². The zero-order valence-electron chi connectivity index (χ0n) is 10.2. The van der Waals surface area contributed by atoms with Gasteiger partial charge in [-0.25, -0.2) is 9.18 Å². The van der Waals surface area contributed by atoms with Crippen LogP contribution in [0.2, 0.25) is 0 Å². The van der Waals surface area contributed by atoms with Crippen molar-refractivity contribution in [1.82, 2.24) is 10.2 Å². The molecule has 1 aliphatic rings. The van der Waals surface area contributed by atoms with Gasteiger partial charge in [-0.2, -0.15) is 0 Å². The highest BCUT2D eigenvalue weighted by molar-refractivity contribution is 9.10. The van der Waals surface area contributed by atoms with Crippen LogP contribution in [-0.4, -0.2) is 36.5 Å². The molecule has 2 N–H and O–H groups in total. The van der Waals surface area contributed by atoms with E-state index in [2.05, 4.69) is 26.6 Å². The molecule has 1 fully saturated rings. The van der Waals surface area contributed by atoms with Crippen molar-refractivity contribution < 1.29 is 14.0 Å². The van der Waals surface area contributed by atoms with Crippen LogP contribution in [0.1, 0.15) is 6.42 Å². The minimum absolute atomic E-state index is 0.114. The quantitative estimate of drug-likeness (QED) is 0.871. The number of amides is 3. The van der Waals surface area contributed by atoms with Gasteiger partial charge in [0.2, 0.25) is 5.91 Å². The standard InChI is InChI=1S/C12H13BrFN3O2/c1-17-5-4-10(11(17)18)16-12(19)15-7-2-3-8(13)9(14)6-7/h2-3,6,10H,4-5H2,1H3,(H2,15,16,19)/t10-/m1/s1. The zero-order chi connectivity index (χ0) is 14.0. The summed E-state index contributed by atoms with van der Waals surface area (Å²) in [5.41, 5.74) is 0.331. The molecule has 1 atom stereocenters. The third-order valence-corrected chi connectivity index (χ3v) is 3.55. The van der Waals surface area contributed by atoms with Crippen LogP contribution >= 0.6 is 15.9 Å². The molecule has 0 aromatic heterocycles. The van der Waals surface area contributed by atoms with Crippen molar-refractivity contribution in [1.29, 1.82) is 0 Å². The summed E-state index contributed by atoms with van der Waals surface area (Å²) >= 11 is 3.03. The fourth-order valence-electron chi connectivity index (χ4n) is 1.86. The van der Waals surface area contributed by atoms with Crippen molar-refractivity contribution in [3.8, 4) is 0 Å². The Hall–Kier alpha value is -1.63. The van der Waals surface area contributed by atoms with Gasteiger partial charge < -0.3 is 15.5 Å². The molecule has 0 unspecified atom stereocenters. The van der Waals surface area contributed by atoms with E-state index in [0.29, 0.717) is 23.1 Å². The van der Waals surface area contributed by atoms with E-state index in [-0.39, 0.29) is 5.91 Å². The maximum Gasteiger partial charge on any atom is 0.319 e. The van der Waals surface area contributed by atoms with Gasteiger partial charge in [0.05, 0.1) is 4.47 Å². The highest BCUT2D eigenvalue weighted by atomic mass is 79.9. The number of anilines is 1. The largest absolute Gasteiger partial charge is 0.344 e. The first-order valence-electron chi connectivity index (χ1n) is 5.75. The van der Waals surface area contributed by atoms with Gasteiger partial charge in [-0.3, -0.25) is 4.79 Å². The van der Waals surface area contributed by atoms with E-state index in [0.717, 1.165) is 0 Å². The van der Waals surface area contributed by atoms with E-state index in [4.69, 9.17) is 0 Å². The molecule has 5 nitrogen and oxygen atoms in total. The smallest absolute Gasteiger partial charge is 0.319 e. The molecule has 7 heteroatoms. The average Bonchev–Trinajstić information content (AvgIpc) is 2.66. The summed E-state index contributed by atoms with van der Waals surface area (Å²) < 4.78 is 13.6. The van der Waals surface area contributed by atoms with Crippen LogP contribution < -0.4 is 10.6 Å². The maximum absolute atomic E-state index is 13.3.